The molecule has 0 saturated heterocycles. The number of aliphatic hydroxyl groups excluding tert-OH is 1. The van der Waals surface area contributed by atoms with Crippen molar-refractivity contribution in [3.63, 3.8) is 0 Å². The Morgan fingerprint density at radius 3 is 2.29 bits per heavy atom. The van der Waals surface area contributed by atoms with Crippen molar-refractivity contribution >= 4 is 0 Å². The van der Waals surface area contributed by atoms with E-state index in [0.717, 1.165) is 25.0 Å². The normalized spacial score (nSPS) is 26.4. The summed E-state index contributed by atoms with van der Waals surface area (Å²) in [5.41, 5.74) is 1.20. The van der Waals surface area contributed by atoms with Gasteiger partial charge in [0.15, 0.2) is 0 Å². The Labute approximate surface area is 104 Å². The van der Waals surface area contributed by atoms with E-state index in [-0.39, 0.29) is 17.6 Å². The van der Waals surface area contributed by atoms with Crippen molar-refractivity contribution in [2.24, 2.45) is 5.41 Å². The first-order chi connectivity index (χ1) is 8.12. The van der Waals surface area contributed by atoms with Crippen molar-refractivity contribution in [3.8, 4) is 5.75 Å². The van der Waals surface area contributed by atoms with Crippen LogP contribution in [0.4, 0.5) is 0 Å². The molecule has 2 heteroatoms. The average Bonchev–Trinajstić information content (AvgIpc) is 2.33. The zero-order chi connectivity index (χ0) is 12.5. The summed E-state index contributed by atoms with van der Waals surface area (Å²) in [6.45, 7) is 6.34. The molecule has 94 valence electrons. The van der Waals surface area contributed by atoms with Crippen LogP contribution in [0.2, 0.25) is 0 Å². The highest BCUT2D eigenvalue weighted by Gasteiger charge is 2.53. The van der Waals surface area contributed by atoms with Crippen LogP contribution >= 0.6 is 0 Å². The molecule has 0 heterocycles. The van der Waals surface area contributed by atoms with Gasteiger partial charge in [-0.05, 0) is 31.9 Å². The highest BCUT2D eigenvalue weighted by Crippen LogP contribution is 2.48. The second-order valence-corrected chi connectivity index (χ2v) is 5.11. The van der Waals surface area contributed by atoms with Crippen LogP contribution in [0.15, 0.2) is 24.3 Å². The number of aryl methyl sites for hydroxylation is 1. The molecule has 2 atom stereocenters. The largest absolute Gasteiger partial charge is 0.490 e. The average molecular weight is 234 g/mol. The third-order valence-electron chi connectivity index (χ3n) is 4.36. The van der Waals surface area contributed by atoms with Crippen molar-refractivity contribution in [2.75, 3.05) is 0 Å². The molecule has 1 aromatic rings. The molecule has 0 radical (unpaired) electrons. The smallest absolute Gasteiger partial charge is 0.119 e. The van der Waals surface area contributed by atoms with Gasteiger partial charge in [0.2, 0.25) is 0 Å². The van der Waals surface area contributed by atoms with Crippen LogP contribution < -0.4 is 4.74 Å². The molecule has 2 nitrogen and oxygen atoms in total. The van der Waals surface area contributed by atoms with E-state index in [1.807, 2.05) is 12.1 Å². The topological polar surface area (TPSA) is 29.5 Å². The summed E-state index contributed by atoms with van der Waals surface area (Å²) in [6.07, 6.45) is 2.67. The monoisotopic (exact) mass is 234 g/mol. The van der Waals surface area contributed by atoms with Gasteiger partial charge in [-0.25, -0.2) is 0 Å². The van der Waals surface area contributed by atoms with Gasteiger partial charge < -0.3 is 9.84 Å². The molecule has 0 aromatic heterocycles. The predicted molar refractivity (Wildman–Crippen MR) is 69.2 cm³/mol. The Balaban J connectivity index is 2.07. The molecule has 1 fully saturated rings. The van der Waals surface area contributed by atoms with Crippen LogP contribution in [-0.4, -0.2) is 17.3 Å². The molecule has 1 aromatic carbocycles. The molecule has 0 aliphatic heterocycles. The zero-order valence-electron chi connectivity index (χ0n) is 10.9. The van der Waals surface area contributed by atoms with Gasteiger partial charge in [-0.15, -0.1) is 0 Å². The lowest BCUT2D eigenvalue weighted by atomic mass is 9.60. The van der Waals surface area contributed by atoms with Crippen LogP contribution in [0.1, 0.15) is 38.7 Å². The fourth-order valence-corrected chi connectivity index (χ4v) is 2.85. The maximum atomic E-state index is 9.97. The van der Waals surface area contributed by atoms with Gasteiger partial charge in [0, 0.05) is 11.8 Å². The highest BCUT2D eigenvalue weighted by atomic mass is 16.5. The van der Waals surface area contributed by atoms with E-state index in [9.17, 15) is 5.11 Å². The van der Waals surface area contributed by atoms with Gasteiger partial charge in [0.25, 0.3) is 0 Å². The maximum absolute atomic E-state index is 9.97. The second-order valence-electron chi connectivity index (χ2n) is 5.11. The summed E-state index contributed by atoms with van der Waals surface area (Å²) in [7, 11) is 0. The Bertz CT molecular complexity index is 365. The van der Waals surface area contributed by atoms with Gasteiger partial charge >= 0.3 is 0 Å². The number of rotatable bonds is 4. The van der Waals surface area contributed by atoms with Crippen molar-refractivity contribution in [1.29, 1.82) is 0 Å². The van der Waals surface area contributed by atoms with Crippen LogP contribution in [0.5, 0.6) is 5.75 Å². The van der Waals surface area contributed by atoms with Crippen molar-refractivity contribution < 1.29 is 9.84 Å². The number of hydrogen-bond donors (Lipinski definition) is 1. The molecule has 17 heavy (non-hydrogen) atoms. The lowest BCUT2D eigenvalue weighted by Crippen LogP contribution is -2.59. The van der Waals surface area contributed by atoms with E-state index in [1.54, 1.807) is 0 Å². The number of hydrogen-bond acceptors (Lipinski definition) is 2. The highest BCUT2D eigenvalue weighted by molar-refractivity contribution is 5.27. The molecular formula is C15H22O2. The summed E-state index contributed by atoms with van der Waals surface area (Å²) in [6, 6.07) is 8.14. The lowest BCUT2D eigenvalue weighted by molar-refractivity contribution is -0.159. The molecule has 2 unspecified atom stereocenters. The molecule has 1 aliphatic rings. The van der Waals surface area contributed by atoms with Gasteiger partial charge in [-0.3, -0.25) is 0 Å². The van der Waals surface area contributed by atoms with Crippen LogP contribution in [0.25, 0.3) is 0 Å². The van der Waals surface area contributed by atoms with Gasteiger partial charge in [-0.2, -0.15) is 0 Å². The zero-order valence-corrected chi connectivity index (χ0v) is 10.9. The molecule has 1 N–H and O–H groups in total. The van der Waals surface area contributed by atoms with Gasteiger partial charge in [0.1, 0.15) is 11.9 Å². The van der Waals surface area contributed by atoms with E-state index in [4.69, 9.17) is 4.74 Å². The minimum absolute atomic E-state index is 0.0368. The molecule has 0 spiro atoms. The molecule has 0 bridgehead atoms. The minimum Gasteiger partial charge on any atom is -0.490 e. The second kappa shape index (κ2) is 4.69. The first kappa shape index (κ1) is 12.4. The van der Waals surface area contributed by atoms with Crippen LogP contribution in [0, 0.1) is 12.3 Å². The minimum atomic E-state index is -0.201. The van der Waals surface area contributed by atoms with E-state index in [1.165, 1.54) is 5.56 Å². The van der Waals surface area contributed by atoms with Crippen molar-refractivity contribution in [3.05, 3.63) is 29.8 Å². The van der Waals surface area contributed by atoms with E-state index < -0.39 is 0 Å². The van der Waals surface area contributed by atoms with Gasteiger partial charge in [0.05, 0.1) is 6.10 Å². The van der Waals surface area contributed by atoms with Crippen LogP contribution in [-0.2, 0) is 0 Å². The summed E-state index contributed by atoms with van der Waals surface area (Å²) < 4.78 is 6.01. The van der Waals surface area contributed by atoms with E-state index in [2.05, 4.69) is 32.9 Å². The molecule has 1 aliphatic carbocycles. The van der Waals surface area contributed by atoms with Crippen molar-refractivity contribution in [1.82, 2.24) is 0 Å². The SMILES string of the molecule is CCC1(CC)C(O)CC1Oc1ccc(C)cc1. The maximum Gasteiger partial charge on any atom is 0.119 e. The van der Waals surface area contributed by atoms with Crippen LogP contribution in [0.3, 0.4) is 0 Å². The van der Waals surface area contributed by atoms with E-state index in [0.29, 0.717) is 0 Å². The molecular weight excluding hydrogens is 212 g/mol. The molecule has 0 amide bonds. The summed E-state index contributed by atoms with van der Waals surface area (Å²) >= 11 is 0. The van der Waals surface area contributed by atoms with Gasteiger partial charge in [-0.1, -0.05) is 31.5 Å². The number of benzene rings is 1. The Morgan fingerprint density at radius 2 is 1.82 bits per heavy atom. The third-order valence-corrected chi connectivity index (χ3v) is 4.36. The Morgan fingerprint density at radius 1 is 1.24 bits per heavy atom. The number of ether oxygens (including phenoxy) is 1. The standard InChI is InChI=1S/C15H22O2/c1-4-15(5-2)13(16)10-14(15)17-12-8-6-11(3)7-9-12/h6-9,13-14,16H,4-5,10H2,1-3H3. The summed E-state index contributed by atoms with van der Waals surface area (Å²) in [5, 5.41) is 9.97. The first-order valence-electron chi connectivity index (χ1n) is 6.53. The van der Waals surface area contributed by atoms with Crippen molar-refractivity contribution in [2.45, 2.75) is 52.2 Å². The quantitative estimate of drug-likeness (QED) is 0.866. The molecule has 2 rings (SSSR count). The summed E-state index contributed by atoms with van der Waals surface area (Å²) in [4.78, 5) is 0. The Hall–Kier alpha value is -1.02. The summed E-state index contributed by atoms with van der Waals surface area (Å²) in [5.74, 6) is 0.916. The third kappa shape index (κ3) is 2.06. The van der Waals surface area contributed by atoms with E-state index >= 15 is 0 Å². The fourth-order valence-electron chi connectivity index (χ4n) is 2.85. The Kier molecular flexibility index (Phi) is 3.43. The number of aliphatic hydroxyl groups is 1. The first-order valence-corrected chi connectivity index (χ1v) is 6.53. The molecule has 1 saturated carbocycles. The predicted octanol–water partition coefficient (Wildman–Crippen LogP) is 3.31. The fraction of sp³-hybridized carbons (Fsp3) is 0.600. The lowest BCUT2D eigenvalue weighted by Gasteiger charge is -2.52.